The van der Waals surface area contributed by atoms with E-state index in [-0.39, 0.29) is 25.0 Å². The molecule has 0 aliphatic heterocycles. The lowest BCUT2D eigenvalue weighted by atomic mass is 10.3. The molecular formula is C16H23N3O6S. The number of carbonyl (C=O) groups excluding carboxylic acids is 1. The number of non-ortho nitro benzene ring substituents is 1. The molecular weight excluding hydrogens is 362 g/mol. The molecule has 144 valence electrons. The van der Waals surface area contributed by atoms with Crippen LogP contribution in [0.1, 0.15) is 0 Å². The monoisotopic (exact) mass is 385 g/mol. The summed E-state index contributed by atoms with van der Waals surface area (Å²) in [5, 5.41) is 11.0. The van der Waals surface area contributed by atoms with Crippen molar-refractivity contribution in [2.24, 2.45) is 0 Å². The average Bonchev–Trinajstić information content (AvgIpc) is 2.92. The van der Waals surface area contributed by atoms with Gasteiger partial charge in [-0.1, -0.05) is 0 Å². The fourth-order valence-electron chi connectivity index (χ4n) is 2.08. The van der Waals surface area contributed by atoms with Crippen molar-refractivity contribution in [2.75, 3.05) is 44.8 Å². The maximum atomic E-state index is 11.3. The quantitative estimate of drug-likeness (QED) is 0.282. The zero-order valence-electron chi connectivity index (χ0n) is 15.3. The molecule has 2 aromatic rings. The molecule has 0 spiro atoms. The van der Waals surface area contributed by atoms with E-state index in [1.807, 2.05) is 0 Å². The summed E-state index contributed by atoms with van der Waals surface area (Å²) in [7, 11) is 0.568. The standard InChI is InChI=1S/C16H23N3O6S/c1-23-15(20)10-25-16-17-13-6-5-12(19(21)22)9-14(13)18(16)11-24-7-8-26(2,3)4/h5-6,9H,7-8,10-11H2,1-4H3. The molecule has 0 aliphatic rings. The molecule has 1 heterocycles. The number of hydrogen-bond acceptors (Lipinski definition) is 7. The summed E-state index contributed by atoms with van der Waals surface area (Å²) in [5.41, 5.74) is 0.958. The Kier molecular flexibility index (Phi) is 6.43. The Hall–Kier alpha value is -2.33. The molecule has 9 nitrogen and oxygen atoms in total. The van der Waals surface area contributed by atoms with Gasteiger partial charge in [-0.3, -0.25) is 14.7 Å². The Labute approximate surface area is 152 Å². The first-order valence-corrected chi connectivity index (χ1v) is 10.8. The van der Waals surface area contributed by atoms with E-state index in [9.17, 15) is 14.9 Å². The topological polar surface area (TPSA) is 106 Å². The fraction of sp³-hybridized carbons (Fsp3) is 0.500. The number of nitro groups is 1. The minimum atomic E-state index is -0.692. The van der Waals surface area contributed by atoms with Gasteiger partial charge < -0.3 is 14.2 Å². The van der Waals surface area contributed by atoms with Crippen molar-refractivity contribution in [3.05, 3.63) is 28.3 Å². The molecule has 0 fully saturated rings. The third-order valence-corrected chi connectivity index (χ3v) is 4.91. The highest BCUT2D eigenvalue weighted by atomic mass is 32.3. The number of imidazole rings is 1. The van der Waals surface area contributed by atoms with Crippen LogP contribution in [0.4, 0.5) is 5.69 Å². The minimum Gasteiger partial charge on any atom is -0.466 e. The fourth-order valence-corrected chi connectivity index (χ4v) is 2.70. The summed E-state index contributed by atoms with van der Waals surface area (Å²) in [4.78, 5) is 26.2. The summed E-state index contributed by atoms with van der Waals surface area (Å²) in [5.74, 6) is 0.379. The van der Waals surface area contributed by atoms with Gasteiger partial charge in [0.25, 0.3) is 11.7 Å². The SMILES string of the molecule is COC(=O)COc1nc2ccc([N+](=O)[O-])cc2n1COCCS(C)(C)C. The predicted octanol–water partition coefficient (Wildman–Crippen LogP) is 2.16. The lowest BCUT2D eigenvalue weighted by Gasteiger charge is -2.24. The van der Waals surface area contributed by atoms with Crippen LogP contribution in [-0.4, -0.2) is 65.3 Å². The molecule has 10 heteroatoms. The lowest BCUT2D eigenvalue weighted by molar-refractivity contribution is -0.384. The first-order valence-electron chi connectivity index (χ1n) is 7.79. The number of methoxy groups -OCH3 is 1. The van der Waals surface area contributed by atoms with Gasteiger partial charge >= 0.3 is 5.97 Å². The first-order chi connectivity index (χ1) is 12.2. The molecule has 1 aromatic carbocycles. The van der Waals surface area contributed by atoms with Crippen molar-refractivity contribution < 1.29 is 23.9 Å². The summed E-state index contributed by atoms with van der Waals surface area (Å²) < 4.78 is 17.2. The number of esters is 1. The van der Waals surface area contributed by atoms with Gasteiger partial charge in [-0.2, -0.15) is 4.98 Å². The molecule has 0 radical (unpaired) electrons. The second-order valence-corrected chi connectivity index (χ2v) is 11.0. The highest BCUT2D eigenvalue weighted by Crippen LogP contribution is 2.33. The van der Waals surface area contributed by atoms with Crippen LogP contribution >= 0.6 is 10.0 Å². The lowest BCUT2D eigenvalue weighted by Crippen LogP contribution is -2.16. The first kappa shape index (κ1) is 20.0. The highest BCUT2D eigenvalue weighted by molar-refractivity contribution is 8.32. The number of carbonyl (C=O) groups is 1. The molecule has 0 unspecified atom stereocenters. The van der Waals surface area contributed by atoms with E-state index < -0.39 is 20.9 Å². The largest absolute Gasteiger partial charge is 0.466 e. The second-order valence-electron chi connectivity index (χ2n) is 6.45. The normalized spacial score (nSPS) is 12.2. The average molecular weight is 385 g/mol. The van der Waals surface area contributed by atoms with Crippen LogP contribution in [0.2, 0.25) is 0 Å². The Balaban J connectivity index is 2.26. The second kappa shape index (κ2) is 8.37. The Morgan fingerprint density at radius 3 is 2.69 bits per heavy atom. The van der Waals surface area contributed by atoms with Gasteiger partial charge in [0.2, 0.25) is 0 Å². The number of aromatic nitrogens is 2. The van der Waals surface area contributed by atoms with Crippen LogP contribution in [0.25, 0.3) is 11.0 Å². The third-order valence-electron chi connectivity index (χ3n) is 3.51. The Morgan fingerprint density at radius 1 is 1.35 bits per heavy atom. The molecule has 0 N–H and O–H groups in total. The van der Waals surface area contributed by atoms with Crippen LogP contribution in [0.5, 0.6) is 6.01 Å². The number of fused-ring (bicyclic) bond motifs is 1. The zero-order valence-corrected chi connectivity index (χ0v) is 16.1. The van der Waals surface area contributed by atoms with Crippen molar-refractivity contribution in [2.45, 2.75) is 6.73 Å². The van der Waals surface area contributed by atoms with E-state index in [2.05, 4.69) is 28.5 Å². The number of ether oxygens (including phenoxy) is 3. The molecule has 26 heavy (non-hydrogen) atoms. The zero-order chi connectivity index (χ0) is 19.3. The summed E-state index contributed by atoms with van der Waals surface area (Å²) >= 11 is 0. The van der Waals surface area contributed by atoms with Gasteiger partial charge in [-0.25, -0.2) is 14.8 Å². The summed E-state index contributed by atoms with van der Waals surface area (Å²) in [6, 6.07) is 4.46. The number of rotatable bonds is 9. The van der Waals surface area contributed by atoms with Crippen molar-refractivity contribution >= 4 is 32.7 Å². The summed E-state index contributed by atoms with van der Waals surface area (Å²) in [6.07, 6.45) is 6.58. The summed E-state index contributed by atoms with van der Waals surface area (Å²) in [6.45, 7) is 0.349. The smallest absolute Gasteiger partial charge is 0.344 e. The van der Waals surface area contributed by atoms with E-state index in [1.54, 1.807) is 4.57 Å². The van der Waals surface area contributed by atoms with E-state index in [0.29, 0.717) is 17.6 Å². The van der Waals surface area contributed by atoms with Crippen molar-refractivity contribution in [1.82, 2.24) is 9.55 Å². The van der Waals surface area contributed by atoms with Gasteiger partial charge in [0.1, 0.15) is 6.73 Å². The van der Waals surface area contributed by atoms with E-state index >= 15 is 0 Å². The predicted molar refractivity (Wildman–Crippen MR) is 100 cm³/mol. The molecule has 0 bridgehead atoms. The van der Waals surface area contributed by atoms with Gasteiger partial charge in [0, 0.05) is 17.9 Å². The number of benzene rings is 1. The van der Waals surface area contributed by atoms with Crippen molar-refractivity contribution in [3.63, 3.8) is 0 Å². The van der Waals surface area contributed by atoms with E-state index in [0.717, 1.165) is 5.75 Å². The van der Waals surface area contributed by atoms with E-state index in [4.69, 9.17) is 9.47 Å². The number of hydrogen-bond donors (Lipinski definition) is 0. The Bertz CT molecular complexity index is 799. The molecule has 0 atom stereocenters. The van der Waals surface area contributed by atoms with E-state index in [1.165, 1.54) is 25.3 Å². The molecule has 0 saturated carbocycles. The van der Waals surface area contributed by atoms with Crippen LogP contribution in [-0.2, 0) is 21.0 Å². The molecule has 1 aromatic heterocycles. The Morgan fingerprint density at radius 2 is 2.08 bits per heavy atom. The molecule has 0 amide bonds. The van der Waals surface area contributed by atoms with Crippen LogP contribution in [0.15, 0.2) is 18.2 Å². The maximum Gasteiger partial charge on any atom is 0.344 e. The minimum absolute atomic E-state index is 0.0581. The van der Waals surface area contributed by atoms with Gasteiger partial charge in [-0.15, -0.1) is 0 Å². The molecule has 0 saturated heterocycles. The van der Waals surface area contributed by atoms with Crippen LogP contribution < -0.4 is 4.74 Å². The maximum absolute atomic E-state index is 11.3. The number of nitrogens with zero attached hydrogens (tertiary/aromatic N) is 3. The van der Waals surface area contributed by atoms with Crippen LogP contribution in [0, 0.1) is 10.1 Å². The van der Waals surface area contributed by atoms with Crippen molar-refractivity contribution in [3.8, 4) is 6.01 Å². The third kappa shape index (κ3) is 5.33. The molecule has 2 rings (SSSR count). The molecule has 0 aliphatic carbocycles. The van der Waals surface area contributed by atoms with Crippen LogP contribution in [0.3, 0.4) is 0 Å². The van der Waals surface area contributed by atoms with Gasteiger partial charge in [-0.05, 0) is 24.8 Å². The van der Waals surface area contributed by atoms with Gasteiger partial charge in [0.05, 0.1) is 29.7 Å². The van der Waals surface area contributed by atoms with Gasteiger partial charge in [0.15, 0.2) is 6.61 Å². The van der Waals surface area contributed by atoms with Crippen molar-refractivity contribution in [1.29, 1.82) is 0 Å². The number of nitro benzene ring substituents is 1. The highest BCUT2D eigenvalue weighted by Gasteiger charge is 2.17.